The Balaban J connectivity index is 3.47. The number of hydrogen-bond acceptors (Lipinski definition) is 3. The standard InChI is InChI=1S/C10H11NO4/c1-4-6-5(2)7(10(14)15)9(13)11(3)8(6)12/h4H,1-3H3,(H,14,15). The highest BCUT2D eigenvalue weighted by molar-refractivity contribution is 6.26. The molecule has 1 aliphatic rings. The van der Waals surface area contributed by atoms with Crippen molar-refractivity contribution < 1.29 is 19.5 Å². The molecule has 5 nitrogen and oxygen atoms in total. The first-order valence-electron chi connectivity index (χ1n) is 4.35. The predicted molar refractivity (Wildman–Crippen MR) is 51.9 cm³/mol. The minimum Gasteiger partial charge on any atom is -0.477 e. The number of aliphatic carboxylic acids is 1. The van der Waals surface area contributed by atoms with Crippen molar-refractivity contribution in [3.63, 3.8) is 0 Å². The van der Waals surface area contributed by atoms with Gasteiger partial charge in [0.15, 0.2) is 0 Å². The largest absolute Gasteiger partial charge is 0.477 e. The van der Waals surface area contributed by atoms with Crippen LogP contribution in [0.5, 0.6) is 0 Å². The van der Waals surface area contributed by atoms with Crippen molar-refractivity contribution >= 4 is 17.8 Å². The van der Waals surface area contributed by atoms with Crippen LogP contribution < -0.4 is 0 Å². The van der Waals surface area contributed by atoms with E-state index < -0.39 is 17.8 Å². The molecular weight excluding hydrogens is 198 g/mol. The average Bonchev–Trinajstić information content (AvgIpc) is 2.15. The first-order valence-corrected chi connectivity index (χ1v) is 4.35. The van der Waals surface area contributed by atoms with E-state index in [1.165, 1.54) is 20.0 Å². The zero-order valence-corrected chi connectivity index (χ0v) is 8.70. The summed E-state index contributed by atoms with van der Waals surface area (Å²) in [4.78, 5) is 34.7. The molecular formula is C10H11NO4. The van der Waals surface area contributed by atoms with Crippen LogP contribution in [0.3, 0.4) is 0 Å². The topological polar surface area (TPSA) is 74.7 Å². The lowest BCUT2D eigenvalue weighted by Crippen LogP contribution is -2.41. The summed E-state index contributed by atoms with van der Waals surface area (Å²) >= 11 is 0. The van der Waals surface area contributed by atoms with E-state index in [9.17, 15) is 14.4 Å². The van der Waals surface area contributed by atoms with Gasteiger partial charge in [0.1, 0.15) is 5.57 Å². The second-order valence-corrected chi connectivity index (χ2v) is 3.18. The number of likely N-dealkylation sites (N-methyl/N-ethyl adjacent to an activating group) is 1. The summed E-state index contributed by atoms with van der Waals surface area (Å²) < 4.78 is 0. The molecule has 0 fully saturated rings. The van der Waals surface area contributed by atoms with Crippen LogP contribution in [0.15, 0.2) is 22.8 Å². The number of amides is 2. The van der Waals surface area contributed by atoms with Gasteiger partial charge in [-0.15, -0.1) is 0 Å². The number of imide groups is 1. The molecule has 0 atom stereocenters. The van der Waals surface area contributed by atoms with E-state index in [4.69, 9.17) is 5.11 Å². The lowest BCUT2D eigenvalue weighted by Gasteiger charge is -2.24. The van der Waals surface area contributed by atoms with Gasteiger partial charge < -0.3 is 5.11 Å². The maximum absolute atomic E-state index is 11.6. The zero-order valence-electron chi connectivity index (χ0n) is 8.70. The molecule has 0 aliphatic carbocycles. The molecule has 0 spiro atoms. The van der Waals surface area contributed by atoms with E-state index in [2.05, 4.69) is 0 Å². The van der Waals surface area contributed by atoms with Crippen LogP contribution in [0, 0.1) is 0 Å². The monoisotopic (exact) mass is 209 g/mol. The van der Waals surface area contributed by atoms with Crippen molar-refractivity contribution in [3.8, 4) is 0 Å². The van der Waals surface area contributed by atoms with E-state index >= 15 is 0 Å². The summed E-state index contributed by atoms with van der Waals surface area (Å²) in [6, 6.07) is 0. The number of carbonyl (C=O) groups excluding carboxylic acids is 2. The summed E-state index contributed by atoms with van der Waals surface area (Å²) in [5.74, 6) is -2.54. The molecule has 0 saturated carbocycles. The summed E-state index contributed by atoms with van der Waals surface area (Å²) in [7, 11) is 1.27. The third-order valence-electron chi connectivity index (χ3n) is 2.34. The molecule has 15 heavy (non-hydrogen) atoms. The summed E-state index contributed by atoms with van der Waals surface area (Å²) in [6.07, 6.45) is 1.50. The fourth-order valence-corrected chi connectivity index (χ4v) is 1.49. The fraction of sp³-hybridized carbons (Fsp3) is 0.300. The molecule has 0 radical (unpaired) electrons. The van der Waals surface area contributed by atoms with Gasteiger partial charge in [-0.05, 0) is 19.4 Å². The molecule has 0 bridgehead atoms. The summed E-state index contributed by atoms with van der Waals surface area (Å²) in [6.45, 7) is 3.08. The molecule has 2 amide bonds. The lowest BCUT2D eigenvalue weighted by molar-refractivity contribution is -0.142. The maximum Gasteiger partial charge on any atom is 0.341 e. The highest BCUT2D eigenvalue weighted by atomic mass is 16.4. The van der Waals surface area contributed by atoms with Gasteiger partial charge in [0, 0.05) is 12.6 Å². The van der Waals surface area contributed by atoms with Crippen LogP contribution in [0.25, 0.3) is 0 Å². The average molecular weight is 209 g/mol. The highest BCUT2D eigenvalue weighted by Gasteiger charge is 2.35. The van der Waals surface area contributed by atoms with Gasteiger partial charge in [-0.2, -0.15) is 0 Å². The van der Waals surface area contributed by atoms with Crippen molar-refractivity contribution in [2.75, 3.05) is 7.05 Å². The van der Waals surface area contributed by atoms with Crippen molar-refractivity contribution in [1.29, 1.82) is 0 Å². The van der Waals surface area contributed by atoms with E-state index in [1.54, 1.807) is 6.92 Å². The Morgan fingerprint density at radius 3 is 2.27 bits per heavy atom. The molecule has 0 aromatic carbocycles. The van der Waals surface area contributed by atoms with E-state index in [0.29, 0.717) is 0 Å². The quantitative estimate of drug-likeness (QED) is 0.383. The number of carbonyl (C=O) groups is 3. The molecule has 1 rings (SSSR count). The molecule has 0 aromatic rings. The van der Waals surface area contributed by atoms with Crippen LogP contribution >= 0.6 is 0 Å². The molecule has 1 N–H and O–H groups in total. The first kappa shape index (κ1) is 11.2. The summed E-state index contributed by atoms with van der Waals surface area (Å²) in [5.41, 5.74) is 0.137. The van der Waals surface area contributed by atoms with Gasteiger partial charge >= 0.3 is 5.97 Å². The van der Waals surface area contributed by atoms with Crippen molar-refractivity contribution in [2.45, 2.75) is 13.8 Å². The molecule has 0 unspecified atom stereocenters. The van der Waals surface area contributed by atoms with Gasteiger partial charge in [0.05, 0.1) is 0 Å². The fourth-order valence-electron chi connectivity index (χ4n) is 1.49. The number of nitrogens with zero attached hydrogens (tertiary/aromatic N) is 1. The normalized spacial score (nSPS) is 20.2. The van der Waals surface area contributed by atoms with Gasteiger partial charge in [-0.1, -0.05) is 6.08 Å². The molecule has 0 aromatic heterocycles. The van der Waals surface area contributed by atoms with Crippen molar-refractivity contribution in [2.24, 2.45) is 0 Å². The predicted octanol–water partition coefficient (Wildman–Crippen LogP) is 0.332. The number of allylic oxidation sites excluding steroid dienone is 1. The number of rotatable bonds is 1. The van der Waals surface area contributed by atoms with Gasteiger partial charge in [0.2, 0.25) is 0 Å². The van der Waals surface area contributed by atoms with Crippen LogP contribution in [0.1, 0.15) is 13.8 Å². The van der Waals surface area contributed by atoms with Gasteiger partial charge in [0.25, 0.3) is 11.8 Å². The molecule has 1 aliphatic heterocycles. The Kier molecular flexibility index (Phi) is 2.74. The Morgan fingerprint density at radius 1 is 1.33 bits per heavy atom. The SMILES string of the molecule is CC=C1C(=O)N(C)C(=O)C(C(=O)O)=C1C. The van der Waals surface area contributed by atoms with Crippen LogP contribution in [0.2, 0.25) is 0 Å². The second kappa shape index (κ2) is 3.68. The Labute approximate surface area is 86.7 Å². The van der Waals surface area contributed by atoms with Gasteiger partial charge in [-0.3, -0.25) is 14.5 Å². The number of carboxylic acid groups (broad SMARTS) is 1. The Hall–Kier alpha value is -1.91. The lowest BCUT2D eigenvalue weighted by atomic mass is 9.95. The Bertz CT molecular complexity index is 417. The first-order chi connectivity index (χ1) is 6.91. The van der Waals surface area contributed by atoms with Crippen LogP contribution in [-0.2, 0) is 14.4 Å². The van der Waals surface area contributed by atoms with E-state index in [-0.39, 0.29) is 16.7 Å². The maximum atomic E-state index is 11.6. The minimum atomic E-state index is -1.31. The number of hydrogen-bond donors (Lipinski definition) is 1. The highest BCUT2D eigenvalue weighted by Crippen LogP contribution is 2.24. The van der Waals surface area contributed by atoms with Gasteiger partial charge in [-0.25, -0.2) is 4.79 Å². The van der Waals surface area contributed by atoms with Crippen LogP contribution in [0.4, 0.5) is 0 Å². The molecule has 80 valence electrons. The third kappa shape index (κ3) is 1.56. The smallest absolute Gasteiger partial charge is 0.341 e. The molecule has 0 saturated heterocycles. The molecule has 1 heterocycles. The van der Waals surface area contributed by atoms with Crippen molar-refractivity contribution in [1.82, 2.24) is 4.90 Å². The summed E-state index contributed by atoms with van der Waals surface area (Å²) in [5, 5.41) is 8.85. The molecule has 5 heteroatoms. The minimum absolute atomic E-state index is 0.220. The second-order valence-electron chi connectivity index (χ2n) is 3.18. The zero-order chi connectivity index (χ0) is 11.7. The third-order valence-corrected chi connectivity index (χ3v) is 2.34. The Morgan fingerprint density at radius 2 is 1.87 bits per heavy atom. The number of carboxylic acids is 1. The van der Waals surface area contributed by atoms with E-state index in [1.807, 2.05) is 0 Å². The van der Waals surface area contributed by atoms with Crippen LogP contribution in [-0.4, -0.2) is 34.8 Å². The van der Waals surface area contributed by atoms with Crippen molar-refractivity contribution in [3.05, 3.63) is 22.8 Å². The van der Waals surface area contributed by atoms with E-state index in [0.717, 1.165) is 4.90 Å².